The van der Waals surface area contributed by atoms with E-state index in [0.29, 0.717) is 12.4 Å². The van der Waals surface area contributed by atoms with Gasteiger partial charge >= 0.3 is 0 Å². The molecule has 1 aromatic carbocycles. The minimum atomic E-state index is -0.394. The Morgan fingerprint density at radius 1 is 1.50 bits per heavy atom. The molecule has 2 nitrogen and oxygen atoms in total. The second-order valence-corrected chi connectivity index (χ2v) is 2.98. The standard InChI is InChI=1S/C11H11FO2/c1-2-13-11-6-4-8-3-5-9(12)7-10(8)14-11/h3-7,11H,2H2,1H3. The summed E-state index contributed by atoms with van der Waals surface area (Å²) < 4.78 is 23.5. The first-order valence-electron chi connectivity index (χ1n) is 4.55. The summed E-state index contributed by atoms with van der Waals surface area (Å²) >= 11 is 0. The summed E-state index contributed by atoms with van der Waals surface area (Å²) in [5.41, 5.74) is 0.877. The van der Waals surface area contributed by atoms with Gasteiger partial charge in [0.2, 0.25) is 6.29 Å². The Labute approximate surface area is 82.0 Å². The van der Waals surface area contributed by atoms with Crippen LogP contribution in [0.15, 0.2) is 24.3 Å². The van der Waals surface area contributed by atoms with Gasteiger partial charge in [0.1, 0.15) is 11.6 Å². The first-order valence-corrected chi connectivity index (χ1v) is 4.55. The molecule has 0 radical (unpaired) electrons. The maximum atomic E-state index is 12.9. The molecule has 0 fully saturated rings. The largest absolute Gasteiger partial charge is 0.461 e. The van der Waals surface area contributed by atoms with E-state index in [0.717, 1.165) is 5.56 Å². The van der Waals surface area contributed by atoms with Crippen LogP contribution in [0, 0.1) is 5.82 Å². The minimum absolute atomic E-state index is 0.297. The molecule has 0 aliphatic carbocycles. The third kappa shape index (κ3) is 1.77. The highest BCUT2D eigenvalue weighted by atomic mass is 19.1. The van der Waals surface area contributed by atoms with Gasteiger partial charge in [0.25, 0.3) is 0 Å². The van der Waals surface area contributed by atoms with Crippen molar-refractivity contribution in [2.45, 2.75) is 13.2 Å². The predicted octanol–water partition coefficient (Wildman–Crippen LogP) is 2.59. The zero-order valence-corrected chi connectivity index (χ0v) is 7.87. The van der Waals surface area contributed by atoms with Crippen molar-refractivity contribution in [3.63, 3.8) is 0 Å². The number of hydrogen-bond donors (Lipinski definition) is 0. The van der Waals surface area contributed by atoms with Gasteiger partial charge in [-0.05, 0) is 31.2 Å². The van der Waals surface area contributed by atoms with Crippen molar-refractivity contribution in [3.05, 3.63) is 35.7 Å². The second-order valence-electron chi connectivity index (χ2n) is 2.98. The van der Waals surface area contributed by atoms with E-state index in [9.17, 15) is 4.39 Å². The summed E-state index contributed by atoms with van der Waals surface area (Å²) in [6.07, 6.45) is 3.29. The van der Waals surface area contributed by atoms with Crippen molar-refractivity contribution < 1.29 is 13.9 Å². The summed E-state index contributed by atoms with van der Waals surface area (Å²) in [4.78, 5) is 0. The van der Waals surface area contributed by atoms with Crippen LogP contribution in [0.4, 0.5) is 4.39 Å². The minimum Gasteiger partial charge on any atom is -0.461 e. The van der Waals surface area contributed by atoms with Gasteiger partial charge < -0.3 is 9.47 Å². The molecule has 0 N–H and O–H groups in total. The molecule has 2 rings (SSSR count). The van der Waals surface area contributed by atoms with Crippen molar-refractivity contribution in [1.29, 1.82) is 0 Å². The molecule has 0 aromatic heterocycles. The molecule has 0 saturated carbocycles. The highest BCUT2D eigenvalue weighted by molar-refractivity contribution is 5.59. The summed E-state index contributed by atoms with van der Waals surface area (Å²) in [6, 6.07) is 4.46. The van der Waals surface area contributed by atoms with Gasteiger partial charge in [0.15, 0.2) is 0 Å². The van der Waals surface area contributed by atoms with Crippen LogP contribution < -0.4 is 4.74 Å². The Morgan fingerprint density at radius 2 is 2.36 bits per heavy atom. The third-order valence-corrected chi connectivity index (χ3v) is 1.98. The number of benzene rings is 1. The van der Waals surface area contributed by atoms with Gasteiger partial charge in [-0.15, -0.1) is 0 Å². The smallest absolute Gasteiger partial charge is 0.220 e. The molecule has 0 bridgehead atoms. The number of halogens is 1. The molecule has 0 amide bonds. The van der Waals surface area contributed by atoms with Crippen LogP contribution in [0.1, 0.15) is 12.5 Å². The van der Waals surface area contributed by atoms with Crippen molar-refractivity contribution in [2.24, 2.45) is 0 Å². The summed E-state index contributed by atoms with van der Waals surface area (Å²) in [5.74, 6) is 0.236. The molecule has 3 heteroatoms. The topological polar surface area (TPSA) is 18.5 Å². The van der Waals surface area contributed by atoms with E-state index in [1.54, 1.807) is 6.07 Å². The summed E-state index contributed by atoms with van der Waals surface area (Å²) in [5, 5.41) is 0. The molecule has 14 heavy (non-hydrogen) atoms. The molecule has 1 atom stereocenters. The van der Waals surface area contributed by atoms with Gasteiger partial charge in [-0.1, -0.05) is 0 Å². The van der Waals surface area contributed by atoms with E-state index in [1.165, 1.54) is 12.1 Å². The normalized spacial score (nSPS) is 18.9. The Kier molecular flexibility index (Phi) is 2.50. The number of ether oxygens (including phenoxy) is 2. The Hall–Kier alpha value is -1.35. The fraction of sp³-hybridized carbons (Fsp3) is 0.273. The number of fused-ring (bicyclic) bond motifs is 1. The van der Waals surface area contributed by atoms with E-state index < -0.39 is 6.29 Å². The fourth-order valence-corrected chi connectivity index (χ4v) is 1.35. The van der Waals surface area contributed by atoms with Gasteiger partial charge in [0.05, 0.1) is 0 Å². The molecule has 1 aliphatic heterocycles. The van der Waals surface area contributed by atoms with Gasteiger partial charge in [-0.3, -0.25) is 0 Å². The lowest BCUT2D eigenvalue weighted by atomic mass is 10.1. The quantitative estimate of drug-likeness (QED) is 0.720. The SMILES string of the molecule is CCOC1C=Cc2ccc(F)cc2O1. The average Bonchev–Trinajstić information content (AvgIpc) is 2.17. The maximum absolute atomic E-state index is 12.9. The Bertz CT molecular complexity index is 360. The van der Waals surface area contributed by atoms with E-state index in [1.807, 2.05) is 19.1 Å². The lowest BCUT2D eigenvalue weighted by molar-refractivity contribution is -0.0415. The lowest BCUT2D eigenvalue weighted by Crippen LogP contribution is -2.20. The molecule has 1 aromatic rings. The molecule has 0 saturated heterocycles. The van der Waals surface area contributed by atoms with E-state index in [-0.39, 0.29) is 5.82 Å². The molecule has 1 aliphatic rings. The van der Waals surface area contributed by atoms with Crippen LogP contribution in [0.3, 0.4) is 0 Å². The van der Waals surface area contributed by atoms with Gasteiger partial charge in [0, 0.05) is 18.2 Å². The molecular formula is C11H11FO2. The van der Waals surface area contributed by atoms with E-state index in [2.05, 4.69) is 0 Å². The van der Waals surface area contributed by atoms with Crippen LogP contribution in [0.5, 0.6) is 5.75 Å². The highest BCUT2D eigenvalue weighted by Gasteiger charge is 2.14. The predicted molar refractivity (Wildman–Crippen MR) is 51.5 cm³/mol. The van der Waals surface area contributed by atoms with Crippen LogP contribution in [-0.4, -0.2) is 12.9 Å². The van der Waals surface area contributed by atoms with Crippen molar-refractivity contribution in [2.75, 3.05) is 6.61 Å². The zero-order valence-electron chi connectivity index (χ0n) is 7.87. The molecular weight excluding hydrogens is 183 g/mol. The molecule has 0 spiro atoms. The third-order valence-electron chi connectivity index (χ3n) is 1.98. The summed E-state index contributed by atoms with van der Waals surface area (Å²) in [6.45, 7) is 2.46. The highest BCUT2D eigenvalue weighted by Crippen LogP contribution is 2.26. The number of rotatable bonds is 2. The zero-order chi connectivity index (χ0) is 9.97. The Morgan fingerprint density at radius 3 is 3.14 bits per heavy atom. The van der Waals surface area contributed by atoms with E-state index in [4.69, 9.17) is 9.47 Å². The van der Waals surface area contributed by atoms with Crippen LogP contribution >= 0.6 is 0 Å². The molecule has 1 heterocycles. The Balaban J connectivity index is 2.23. The van der Waals surface area contributed by atoms with Gasteiger partial charge in [-0.2, -0.15) is 0 Å². The molecule has 1 unspecified atom stereocenters. The maximum Gasteiger partial charge on any atom is 0.220 e. The van der Waals surface area contributed by atoms with Crippen molar-refractivity contribution in [1.82, 2.24) is 0 Å². The first-order chi connectivity index (χ1) is 6.79. The summed E-state index contributed by atoms with van der Waals surface area (Å²) in [7, 11) is 0. The fourth-order valence-electron chi connectivity index (χ4n) is 1.35. The first kappa shape index (κ1) is 9.21. The van der Waals surface area contributed by atoms with Gasteiger partial charge in [-0.25, -0.2) is 4.39 Å². The van der Waals surface area contributed by atoms with Crippen molar-refractivity contribution >= 4 is 6.08 Å². The van der Waals surface area contributed by atoms with Crippen LogP contribution in [-0.2, 0) is 4.74 Å². The van der Waals surface area contributed by atoms with Crippen molar-refractivity contribution in [3.8, 4) is 5.75 Å². The van der Waals surface area contributed by atoms with Crippen LogP contribution in [0.2, 0.25) is 0 Å². The van der Waals surface area contributed by atoms with E-state index >= 15 is 0 Å². The second kappa shape index (κ2) is 3.80. The average molecular weight is 194 g/mol. The number of hydrogen-bond acceptors (Lipinski definition) is 2. The lowest BCUT2D eigenvalue weighted by Gasteiger charge is -2.20. The molecule has 74 valence electrons. The monoisotopic (exact) mass is 194 g/mol. The van der Waals surface area contributed by atoms with Crippen LogP contribution in [0.25, 0.3) is 6.08 Å².